The fourth-order valence-corrected chi connectivity index (χ4v) is 2.06. The van der Waals surface area contributed by atoms with Gasteiger partial charge in [0.15, 0.2) is 5.69 Å². The molecule has 0 fully saturated rings. The third-order valence-electron chi connectivity index (χ3n) is 3.29. The molecule has 0 aliphatic heterocycles. The number of carbonyl (C=O) groups is 1. The summed E-state index contributed by atoms with van der Waals surface area (Å²) >= 11 is 0. The van der Waals surface area contributed by atoms with Crippen molar-refractivity contribution in [2.75, 3.05) is 0 Å². The van der Waals surface area contributed by atoms with Crippen molar-refractivity contribution in [3.63, 3.8) is 0 Å². The Morgan fingerprint density at radius 1 is 1.17 bits per heavy atom. The highest BCUT2D eigenvalue weighted by Gasteiger charge is 2.15. The molecule has 0 saturated heterocycles. The molecule has 7 heteroatoms. The molecule has 2 heterocycles. The Bertz CT molecular complexity index is 813. The second-order valence-corrected chi connectivity index (χ2v) is 4.84. The van der Waals surface area contributed by atoms with Crippen LogP contribution in [0.1, 0.15) is 21.8 Å². The van der Waals surface area contributed by atoms with Crippen molar-refractivity contribution in [3.8, 4) is 17.1 Å². The van der Waals surface area contributed by atoms with Gasteiger partial charge in [0.2, 0.25) is 5.88 Å². The van der Waals surface area contributed by atoms with Crippen molar-refractivity contribution in [2.24, 2.45) is 5.73 Å². The molecule has 0 radical (unpaired) electrons. The molecule has 0 unspecified atom stereocenters. The number of aryl methyl sites for hydroxylation is 1. The summed E-state index contributed by atoms with van der Waals surface area (Å²) in [5.74, 6) is 0.325. The van der Waals surface area contributed by atoms with Crippen molar-refractivity contribution in [1.82, 2.24) is 15.4 Å². The van der Waals surface area contributed by atoms with Gasteiger partial charge in [0, 0.05) is 11.6 Å². The van der Waals surface area contributed by atoms with Crippen LogP contribution in [0.5, 0.6) is 5.88 Å². The number of nitrogens with two attached hydrogens (primary N) is 1. The van der Waals surface area contributed by atoms with E-state index in [1.54, 1.807) is 0 Å². The van der Waals surface area contributed by atoms with E-state index in [1.165, 1.54) is 12.1 Å². The summed E-state index contributed by atoms with van der Waals surface area (Å²) in [5.41, 5.74) is 7.70. The van der Waals surface area contributed by atoms with Gasteiger partial charge in [0.1, 0.15) is 18.1 Å². The van der Waals surface area contributed by atoms with Gasteiger partial charge in [-0.1, -0.05) is 35.5 Å². The van der Waals surface area contributed by atoms with E-state index >= 15 is 0 Å². The lowest BCUT2D eigenvalue weighted by molar-refractivity contribution is 0.0994. The fourth-order valence-electron chi connectivity index (χ4n) is 2.06. The SMILES string of the molecule is Cc1onc(-c2ccccc2)c1COc1ccc(C(N)=O)nn1. The summed E-state index contributed by atoms with van der Waals surface area (Å²) in [5, 5.41) is 11.6. The number of hydrogen-bond acceptors (Lipinski definition) is 6. The number of carbonyl (C=O) groups excluding carboxylic acids is 1. The molecule has 0 bridgehead atoms. The van der Waals surface area contributed by atoms with Gasteiger partial charge in [0.05, 0.1) is 5.56 Å². The van der Waals surface area contributed by atoms with Crippen molar-refractivity contribution < 1.29 is 14.1 Å². The van der Waals surface area contributed by atoms with Crippen LogP contribution in [-0.4, -0.2) is 21.3 Å². The number of benzene rings is 1. The van der Waals surface area contributed by atoms with Gasteiger partial charge >= 0.3 is 0 Å². The second kappa shape index (κ2) is 6.27. The molecule has 0 aliphatic rings. The quantitative estimate of drug-likeness (QED) is 0.774. The Morgan fingerprint density at radius 3 is 2.61 bits per heavy atom. The van der Waals surface area contributed by atoms with Crippen molar-refractivity contribution in [3.05, 3.63) is 59.5 Å². The van der Waals surface area contributed by atoms with E-state index in [0.717, 1.165) is 16.8 Å². The Balaban J connectivity index is 1.78. The van der Waals surface area contributed by atoms with Gasteiger partial charge < -0.3 is 15.0 Å². The first-order chi connectivity index (χ1) is 11.1. The minimum absolute atomic E-state index is 0.0866. The smallest absolute Gasteiger partial charge is 0.269 e. The monoisotopic (exact) mass is 310 g/mol. The van der Waals surface area contributed by atoms with Crippen LogP contribution in [0.25, 0.3) is 11.3 Å². The zero-order chi connectivity index (χ0) is 16.2. The molecule has 2 aromatic heterocycles. The number of amides is 1. The van der Waals surface area contributed by atoms with E-state index in [2.05, 4.69) is 15.4 Å². The zero-order valence-corrected chi connectivity index (χ0v) is 12.4. The Labute approximate surface area is 132 Å². The van der Waals surface area contributed by atoms with Crippen LogP contribution in [0.4, 0.5) is 0 Å². The molecule has 2 N–H and O–H groups in total. The highest BCUT2D eigenvalue weighted by Crippen LogP contribution is 2.25. The Hall–Kier alpha value is -3.22. The van der Waals surface area contributed by atoms with E-state index in [-0.39, 0.29) is 18.2 Å². The minimum Gasteiger partial charge on any atom is -0.472 e. The molecule has 3 aromatic rings. The number of ether oxygens (including phenoxy) is 1. The third-order valence-corrected chi connectivity index (χ3v) is 3.29. The first-order valence-corrected chi connectivity index (χ1v) is 6.92. The zero-order valence-electron chi connectivity index (χ0n) is 12.4. The maximum absolute atomic E-state index is 11.0. The van der Waals surface area contributed by atoms with Crippen LogP contribution in [0.15, 0.2) is 47.0 Å². The third kappa shape index (κ3) is 3.18. The average molecular weight is 310 g/mol. The molecule has 0 aliphatic carbocycles. The van der Waals surface area contributed by atoms with E-state index in [1.807, 2.05) is 37.3 Å². The Morgan fingerprint density at radius 2 is 1.96 bits per heavy atom. The lowest BCUT2D eigenvalue weighted by Crippen LogP contribution is -2.13. The standard InChI is InChI=1S/C16H14N4O3/c1-10-12(15(20-23-10)11-5-3-2-4-6-11)9-22-14-8-7-13(16(17)21)18-19-14/h2-8H,9H2,1H3,(H2,17,21). The largest absolute Gasteiger partial charge is 0.472 e. The molecular weight excluding hydrogens is 296 g/mol. The summed E-state index contributed by atoms with van der Waals surface area (Å²) < 4.78 is 10.9. The average Bonchev–Trinajstić information content (AvgIpc) is 2.95. The number of aromatic nitrogens is 3. The number of hydrogen-bond donors (Lipinski definition) is 1. The molecule has 0 atom stereocenters. The lowest BCUT2D eigenvalue weighted by atomic mass is 10.1. The molecule has 116 valence electrons. The van der Waals surface area contributed by atoms with Crippen LogP contribution >= 0.6 is 0 Å². The summed E-state index contributed by atoms with van der Waals surface area (Å²) in [6.07, 6.45) is 0. The topological polar surface area (TPSA) is 104 Å². The van der Waals surface area contributed by atoms with Gasteiger partial charge in [0.25, 0.3) is 5.91 Å². The fraction of sp³-hybridized carbons (Fsp3) is 0.125. The predicted octanol–water partition coefficient (Wildman–Crippen LogP) is 2.12. The van der Waals surface area contributed by atoms with Gasteiger partial charge in [-0.15, -0.1) is 10.2 Å². The molecule has 1 aromatic carbocycles. The van der Waals surface area contributed by atoms with Gasteiger partial charge in [-0.3, -0.25) is 4.79 Å². The normalized spacial score (nSPS) is 10.5. The number of primary amides is 1. The summed E-state index contributed by atoms with van der Waals surface area (Å²) in [4.78, 5) is 11.0. The molecule has 0 spiro atoms. The molecule has 23 heavy (non-hydrogen) atoms. The maximum Gasteiger partial charge on any atom is 0.269 e. The van der Waals surface area contributed by atoms with Gasteiger partial charge in [-0.25, -0.2) is 0 Å². The molecule has 0 saturated carbocycles. The summed E-state index contributed by atoms with van der Waals surface area (Å²) in [7, 11) is 0. The van der Waals surface area contributed by atoms with Crippen LogP contribution in [0.3, 0.4) is 0 Å². The summed E-state index contributed by atoms with van der Waals surface area (Å²) in [6, 6.07) is 12.7. The molecular formula is C16H14N4O3. The van der Waals surface area contributed by atoms with Crippen molar-refractivity contribution in [1.29, 1.82) is 0 Å². The van der Waals surface area contributed by atoms with Gasteiger partial charge in [-0.05, 0) is 13.0 Å². The highest BCUT2D eigenvalue weighted by atomic mass is 16.5. The van der Waals surface area contributed by atoms with Crippen molar-refractivity contribution in [2.45, 2.75) is 13.5 Å². The van der Waals surface area contributed by atoms with Crippen LogP contribution in [0, 0.1) is 6.92 Å². The molecule has 3 rings (SSSR count). The van der Waals surface area contributed by atoms with Crippen LogP contribution < -0.4 is 10.5 Å². The van der Waals surface area contributed by atoms with E-state index in [4.69, 9.17) is 15.0 Å². The van der Waals surface area contributed by atoms with Crippen LogP contribution in [-0.2, 0) is 6.61 Å². The molecule has 7 nitrogen and oxygen atoms in total. The first-order valence-electron chi connectivity index (χ1n) is 6.92. The van der Waals surface area contributed by atoms with E-state index in [0.29, 0.717) is 5.76 Å². The number of nitrogens with zero attached hydrogens (tertiary/aromatic N) is 3. The summed E-state index contributed by atoms with van der Waals surface area (Å²) in [6.45, 7) is 2.05. The van der Waals surface area contributed by atoms with Gasteiger partial charge in [-0.2, -0.15) is 0 Å². The second-order valence-electron chi connectivity index (χ2n) is 4.84. The minimum atomic E-state index is -0.634. The molecule has 1 amide bonds. The maximum atomic E-state index is 11.0. The number of rotatable bonds is 5. The van der Waals surface area contributed by atoms with Crippen molar-refractivity contribution >= 4 is 5.91 Å². The Kier molecular flexibility index (Phi) is 4.01. The lowest BCUT2D eigenvalue weighted by Gasteiger charge is -2.05. The first kappa shape index (κ1) is 14.7. The van der Waals surface area contributed by atoms with Crippen LogP contribution in [0.2, 0.25) is 0 Å². The van der Waals surface area contributed by atoms with E-state index < -0.39 is 5.91 Å². The van der Waals surface area contributed by atoms with E-state index in [9.17, 15) is 4.79 Å². The highest BCUT2D eigenvalue weighted by molar-refractivity contribution is 5.90. The predicted molar refractivity (Wildman–Crippen MR) is 81.6 cm³/mol.